The number of hydrogen-bond donors (Lipinski definition) is 2. The van der Waals surface area contributed by atoms with Crippen LogP contribution in [0.3, 0.4) is 0 Å². The highest BCUT2D eigenvalue weighted by Gasteiger charge is 2.14. The van der Waals surface area contributed by atoms with E-state index in [-0.39, 0.29) is 5.92 Å². The van der Waals surface area contributed by atoms with Crippen molar-refractivity contribution in [1.29, 1.82) is 0 Å². The number of imidazole rings is 1. The molecule has 5 nitrogen and oxygen atoms in total. The van der Waals surface area contributed by atoms with Crippen molar-refractivity contribution in [3.8, 4) is 0 Å². The number of guanidine groups is 1. The maximum Gasteiger partial charge on any atom is 0.191 e. The number of benzene rings is 3. The predicted molar refractivity (Wildman–Crippen MR) is 136 cm³/mol. The first-order valence-corrected chi connectivity index (χ1v) is 11.4. The van der Waals surface area contributed by atoms with Crippen LogP contribution in [0.5, 0.6) is 0 Å². The minimum atomic E-state index is 0.246. The normalized spacial score (nSPS) is 11.5. The summed E-state index contributed by atoms with van der Waals surface area (Å²) < 4.78 is 2.20. The molecule has 1 aromatic heterocycles. The van der Waals surface area contributed by atoms with Crippen molar-refractivity contribution in [1.82, 2.24) is 20.2 Å². The van der Waals surface area contributed by atoms with Crippen LogP contribution in [0.1, 0.15) is 28.4 Å². The van der Waals surface area contributed by atoms with E-state index in [1.54, 1.807) is 0 Å². The van der Waals surface area contributed by atoms with E-state index >= 15 is 0 Å². The van der Waals surface area contributed by atoms with Gasteiger partial charge in [0, 0.05) is 51.4 Å². The molecule has 0 saturated heterocycles. The molecule has 0 saturated carbocycles. The van der Waals surface area contributed by atoms with Crippen LogP contribution in [0.25, 0.3) is 0 Å². The van der Waals surface area contributed by atoms with Crippen LogP contribution in [0.15, 0.2) is 108 Å². The number of aromatic nitrogens is 2. The lowest BCUT2D eigenvalue weighted by molar-refractivity contribution is 0.686. The number of hydrogen-bond acceptors (Lipinski definition) is 2. The second-order valence-corrected chi connectivity index (χ2v) is 7.96. The molecule has 2 N–H and O–H groups in total. The molecule has 3 aromatic carbocycles. The van der Waals surface area contributed by atoms with Gasteiger partial charge in [0.2, 0.25) is 0 Å². The van der Waals surface area contributed by atoms with Crippen LogP contribution in [-0.2, 0) is 13.0 Å². The molecule has 5 heteroatoms. The Kier molecular flexibility index (Phi) is 7.90. The predicted octanol–water partition coefficient (Wildman–Crippen LogP) is 4.47. The van der Waals surface area contributed by atoms with Crippen molar-refractivity contribution >= 4 is 5.96 Å². The zero-order valence-electron chi connectivity index (χ0n) is 19.1. The van der Waals surface area contributed by atoms with Crippen molar-refractivity contribution in [2.45, 2.75) is 18.9 Å². The molecule has 0 unspecified atom stereocenters. The fourth-order valence-electron chi connectivity index (χ4n) is 4.00. The molecule has 4 aromatic rings. The van der Waals surface area contributed by atoms with E-state index in [0.29, 0.717) is 0 Å². The van der Waals surface area contributed by atoms with Gasteiger partial charge >= 0.3 is 0 Å². The zero-order valence-corrected chi connectivity index (χ0v) is 19.1. The average molecular weight is 438 g/mol. The summed E-state index contributed by atoms with van der Waals surface area (Å²) in [5, 5.41) is 6.96. The van der Waals surface area contributed by atoms with Crippen molar-refractivity contribution in [2.24, 2.45) is 4.99 Å². The maximum absolute atomic E-state index is 4.55. The Labute approximate surface area is 196 Å². The highest BCUT2D eigenvalue weighted by atomic mass is 15.2. The van der Waals surface area contributed by atoms with Gasteiger partial charge in [0.05, 0.1) is 0 Å². The van der Waals surface area contributed by atoms with Gasteiger partial charge in [-0.25, -0.2) is 4.98 Å². The van der Waals surface area contributed by atoms with Crippen LogP contribution < -0.4 is 10.6 Å². The van der Waals surface area contributed by atoms with Crippen molar-refractivity contribution < 1.29 is 0 Å². The van der Waals surface area contributed by atoms with Crippen LogP contribution in [0, 0.1) is 0 Å². The summed E-state index contributed by atoms with van der Waals surface area (Å²) in [6.07, 6.45) is 4.73. The summed E-state index contributed by atoms with van der Waals surface area (Å²) in [5.74, 6) is 2.11. The standard InChI is InChI=1S/C28H31N5/c1-29-28(31-18-17-27-30-19-20-33(27)22-23-11-5-2-6-12-23)32-21-26(24-13-7-3-8-14-24)25-15-9-4-10-16-25/h2-16,19-20,26H,17-18,21-22H2,1H3,(H2,29,31,32). The van der Waals surface area contributed by atoms with Gasteiger partial charge in [-0.15, -0.1) is 0 Å². The quantitative estimate of drug-likeness (QED) is 0.300. The Balaban J connectivity index is 1.33. The van der Waals surface area contributed by atoms with Gasteiger partial charge in [-0.3, -0.25) is 4.99 Å². The molecule has 0 amide bonds. The maximum atomic E-state index is 4.55. The van der Waals surface area contributed by atoms with E-state index in [9.17, 15) is 0 Å². The van der Waals surface area contributed by atoms with Crippen LogP contribution >= 0.6 is 0 Å². The first-order valence-electron chi connectivity index (χ1n) is 11.4. The number of nitrogens with one attached hydrogen (secondary N) is 2. The molecule has 1 heterocycles. The minimum Gasteiger partial charge on any atom is -0.356 e. The zero-order chi connectivity index (χ0) is 22.7. The summed E-state index contributed by atoms with van der Waals surface area (Å²) >= 11 is 0. The Morgan fingerprint density at radius 1 is 0.848 bits per heavy atom. The first-order chi connectivity index (χ1) is 16.3. The smallest absolute Gasteiger partial charge is 0.191 e. The molecule has 0 aliphatic carbocycles. The Morgan fingerprint density at radius 2 is 1.45 bits per heavy atom. The first kappa shape index (κ1) is 22.3. The molecule has 168 valence electrons. The van der Waals surface area contributed by atoms with E-state index in [1.165, 1.54) is 16.7 Å². The largest absolute Gasteiger partial charge is 0.356 e. The van der Waals surface area contributed by atoms with Crippen LogP contribution in [-0.4, -0.2) is 35.6 Å². The van der Waals surface area contributed by atoms with Crippen molar-refractivity contribution in [3.05, 3.63) is 126 Å². The summed E-state index contributed by atoms with van der Waals surface area (Å²) in [4.78, 5) is 8.97. The van der Waals surface area contributed by atoms with Gasteiger partial charge in [-0.05, 0) is 16.7 Å². The second-order valence-electron chi connectivity index (χ2n) is 7.96. The Morgan fingerprint density at radius 3 is 2.06 bits per heavy atom. The number of aliphatic imine (C=N–C) groups is 1. The monoisotopic (exact) mass is 437 g/mol. The number of rotatable bonds is 9. The molecular formula is C28H31N5. The van der Waals surface area contributed by atoms with Gasteiger partial charge in [0.1, 0.15) is 5.82 Å². The van der Waals surface area contributed by atoms with Gasteiger partial charge in [-0.1, -0.05) is 91.0 Å². The average Bonchev–Trinajstić information content (AvgIpc) is 3.31. The summed E-state index contributed by atoms with van der Waals surface area (Å²) in [5.41, 5.74) is 3.85. The van der Waals surface area contributed by atoms with Crippen LogP contribution in [0.4, 0.5) is 0 Å². The van der Waals surface area contributed by atoms with Gasteiger partial charge < -0.3 is 15.2 Å². The molecule has 33 heavy (non-hydrogen) atoms. The molecule has 4 rings (SSSR count). The van der Waals surface area contributed by atoms with Gasteiger partial charge in [-0.2, -0.15) is 0 Å². The Hall–Kier alpha value is -3.86. The topological polar surface area (TPSA) is 54.2 Å². The fourth-order valence-corrected chi connectivity index (χ4v) is 4.00. The lowest BCUT2D eigenvalue weighted by Crippen LogP contribution is -2.40. The Bertz CT molecular complexity index is 1080. The third kappa shape index (κ3) is 6.32. The van der Waals surface area contributed by atoms with Crippen molar-refractivity contribution in [3.63, 3.8) is 0 Å². The highest BCUT2D eigenvalue weighted by molar-refractivity contribution is 5.79. The third-order valence-corrected chi connectivity index (χ3v) is 5.74. The summed E-state index contributed by atoms with van der Waals surface area (Å²) in [6.45, 7) is 2.35. The van der Waals surface area contributed by atoms with E-state index < -0.39 is 0 Å². The lowest BCUT2D eigenvalue weighted by atomic mass is 9.91. The van der Waals surface area contributed by atoms with E-state index in [1.807, 2.05) is 25.5 Å². The molecule has 0 spiro atoms. The highest BCUT2D eigenvalue weighted by Crippen LogP contribution is 2.23. The summed E-state index contributed by atoms with van der Waals surface area (Å²) in [7, 11) is 1.81. The van der Waals surface area contributed by atoms with Gasteiger partial charge in [0.25, 0.3) is 0 Å². The molecule has 0 fully saturated rings. The van der Waals surface area contributed by atoms with Crippen molar-refractivity contribution in [2.75, 3.05) is 20.1 Å². The molecular weight excluding hydrogens is 406 g/mol. The van der Waals surface area contributed by atoms with E-state index in [2.05, 4.69) is 110 Å². The molecule has 0 aliphatic heterocycles. The minimum absolute atomic E-state index is 0.246. The second kappa shape index (κ2) is 11.7. The van der Waals surface area contributed by atoms with E-state index in [4.69, 9.17) is 0 Å². The molecule has 0 aliphatic rings. The third-order valence-electron chi connectivity index (χ3n) is 5.74. The summed E-state index contributed by atoms with van der Waals surface area (Å²) in [6, 6.07) is 31.7. The van der Waals surface area contributed by atoms with Gasteiger partial charge in [0.15, 0.2) is 5.96 Å². The molecule has 0 bridgehead atoms. The lowest BCUT2D eigenvalue weighted by Gasteiger charge is -2.20. The molecule has 0 radical (unpaired) electrons. The van der Waals surface area contributed by atoms with E-state index in [0.717, 1.165) is 37.8 Å². The van der Waals surface area contributed by atoms with Crippen LogP contribution in [0.2, 0.25) is 0 Å². The fraction of sp³-hybridized carbons (Fsp3) is 0.214. The SMILES string of the molecule is CN=C(NCCc1nccn1Cc1ccccc1)NCC(c1ccccc1)c1ccccc1. The molecule has 0 atom stereocenters. The number of nitrogens with zero attached hydrogens (tertiary/aromatic N) is 3.